The van der Waals surface area contributed by atoms with Gasteiger partial charge in [-0.2, -0.15) is 0 Å². The maximum absolute atomic E-state index is 13.3. The minimum Gasteiger partial charge on any atom is -0.393 e. The third-order valence-electron chi connectivity index (χ3n) is 2.89. The number of amides is 1. The number of carbonyl (C=O) groups excluding carboxylic acids is 1. The van der Waals surface area contributed by atoms with Crippen LogP contribution < -0.4 is 16.2 Å². The zero-order valence-electron chi connectivity index (χ0n) is 12.5. The third-order valence-corrected chi connectivity index (χ3v) is 5.79. The highest BCUT2D eigenvalue weighted by Crippen LogP contribution is 2.25. The molecule has 0 aliphatic heterocycles. The van der Waals surface area contributed by atoms with E-state index in [2.05, 4.69) is 5.32 Å². The van der Waals surface area contributed by atoms with Crippen LogP contribution in [0, 0.1) is 5.82 Å². The van der Waals surface area contributed by atoms with Crippen molar-refractivity contribution in [2.24, 2.45) is 10.9 Å². The van der Waals surface area contributed by atoms with Gasteiger partial charge in [0.05, 0.1) is 10.8 Å². The van der Waals surface area contributed by atoms with E-state index in [1.165, 1.54) is 18.2 Å². The molecule has 5 nitrogen and oxygen atoms in total. The van der Waals surface area contributed by atoms with Crippen molar-refractivity contribution >= 4 is 57.5 Å². The molecule has 1 atom stereocenters. The van der Waals surface area contributed by atoms with Crippen molar-refractivity contribution in [1.29, 1.82) is 0 Å². The summed E-state index contributed by atoms with van der Waals surface area (Å²) in [6.45, 7) is 0. The fourth-order valence-electron chi connectivity index (χ4n) is 1.79. The lowest BCUT2D eigenvalue weighted by Crippen LogP contribution is -2.23. The predicted octanol–water partition coefficient (Wildman–Crippen LogP) is 3.61. The number of halogens is 3. The molecule has 0 heterocycles. The van der Waals surface area contributed by atoms with Gasteiger partial charge in [-0.3, -0.25) is 9.93 Å². The van der Waals surface area contributed by atoms with Crippen molar-refractivity contribution in [3.8, 4) is 0 Å². The molecule has 1 unspecified atom stereocenters. The van der Waals surface area contributed by atoms with Gasteiger partial charge in [-0.05, 0) is 54.4 Å². The summed E-state index contributed by atoms with van der Waals surface area (Å²) in [7, 11) is -1.77. The van der Waals surface area contributed by atoms with Gasteiger partial charge < -0.3 is 11.1 Å². The summed E-state index contributed by atoms with van der Waals surface area (Å²) in [5.74, 6) is -1.40. The number of anilines is 1. The molecule has 2 aromatic rings. The molecule has 0 spiro atoms. The van der Waals surface area contributed by atoms with Crippen LogP contribution in [0.2, 0.25) is 10.0 Å². The lowest BCUT2D eigenvalue weighted by atomic mass is 10.3. The third kappa shape index (κ3) is 5.20. The summed E-state index contributed by atoms with van der Waals surface area (Å²) >= 11 is 12.1. The van der Waals surface area contributed by atoms with Crippen LogP contribution >= 0.6 is 35.1 Å². The van der Waals surface area contributed by atoms with Gasteiger partial charge in [0.25, 0.3) is 5.91 Å². The molecule has 1 amide bonds. The lowest BCUT2D eigenvalue weighted by molar-refractivity contribution is -0.112. The Kier molecular flexibility index (Phi) is 6.86. The average Bonchev–Trinajstić information content (AvgIpc) is 2.54. The normalized spacial score (nSPS) is 13.1. The second-order valence-corrected chi connectivity index (χ2v) is 7.85. The first-order valence-electron chi connectivity index (χ1n) is 6.63. The van der Waals surface area contributed by atoms with E-state index in [9.17, 15) is 13.4 Å². The SMILES string of the molecule is NS/C(=C(\N)C(=O)Nc1cc(F)cc(Cl)c1)S(=O)c1ccc(Cl)cc1. The van der Waals surface area contributed by atoms with Crippen molar-refractivity contribution in [3.63, 3.8) is 0 Å². The Bertz CT molecular complexity index is 840. The molecular weight excluding hydrogens is 408 g/mol. The number of carbonyl (C=O) groups is 1. The Balaban J connectivity index is 2.28. The van der Waals surface area contributed by atoms with Gasteiger partial charge in [0.15, 0.2) is 0 Å². The number of rotatable bonds is 5. The highest BCUT2D eigenvalue weighted by Gasteiger charge is 2.19. The summed E-state index contributed by atoms with van der Waals surface area (Å²) in [6.07, 6.45) is 0. The van der Waals surface area contributed by atoms with Gasteiger partial charge in [-0.15, -0.1) is 0 Å². The maximum Gasteiger partial charge on any atom is 0.273 e. The van der Waals surface area contributed by atoms with Crippen LogP contribution in [-0.4, -0.2) is 10.1 Å². The summed E-state index contributed by atoms with van der Waals surface area (Å²) < 4.78 is 25.8. The number of hydrogen-bond donors (Lipinski definition) is 3. The molecule has 5 N–H and O–H groups in total. The van der Waals surface area contributed by atoms with Crippen molar-refractivity contribution in [2.45, 2.75) is 4.90 Å². The zero-order valence-corrected chi connectivity index (χ0v) is 15.6. The lowest BCUT2D eigenvalue weighted by Gasteiger charge is -2.10. The van der Waals surface area contributed by atoms with E-state index in [0.29, 0.717) is 21.9 Å². The summed E-state index contributed by atoms with van der Waals surface area (Å²) in [5, 5.41) is 8.48. The Hall–Kier alpha value is -1.58. The number of hydrogen-bond acceptors (Lipinski definition) is 5. The van der Waals surface area contributed by atoms with E-state index in [4.69, 9.17) is 34.1 Å². The molecule has 2 rings (SSSR count). The zero-order chi connectivity index (χ0) is 18.6. The quantitative estimate of drug-likeness (QED) is 0.507. The molecule has 25 heavy (non-hydrogen) atoms. The van der Waals surface area contributed by atoms with Crippen LogP contribution in [-0.2, 0) is 15.6 Å². The van der Waals surface area contributed by atoms with E-state index in [1.54, 1.807) is 12.1 Å². The Morgan fingerprint density at radius 1 is 1.12 bits per heavy atom. The van der Waals surface area contributed by atoms with Crippen LogP contribution in [0.4, 0.5) is 10.1 Å². The first-order chi connectivity index (χ1) is 11.8. The first-order valence-corrected chi connectivity index (χ1v) is 9.41. The van der Waals surface area contributed by atoms with Crippen molar-refractivity contribution in [2.75, 3.05) is 5.32 Å². The van der Waals surface area contributed by atoms with E-state index >= 15 is 0 Å². The molecule has 0 aromatic heterocycles. The highest BCUT2D eigenvalue weighted by molar-refractivity contribution is 8.15. The first kappa shape index (κ1) is 19.7. The standard InChI is InChI=1S/C15H12Cl2FN3O2S2/c16-8-1-3-12(4-2-8)25(23)15(24-20)13(19)14(22)21-11-6-9(17)5-10(18)7-11/h1-7H,19-20H2,(H,21,22)/b15-13+. The van der Waals surface area contributed by atoms with Crippen LogP contribution in [0.3, 0.4) is 0 Å². The molecule has 0 aliphatic rings. The topological polar surface area (TPSA) is 98.2 Å². The van der Waals surface area contributed by atoms with Crippen molar-refractivity contribution < 1.29 is 13.4 Å². The minimum absolute atomic E-state index is 0.0395. The second-order valence-electron chi connectivity index (χ2n) is 4.65. The molecular formula is C15H12Cl2FN3O2S2. The highest BCUT2D eigenvalue weighted by atomic mass is 35.5. The van der Waals surface area contributed by atoms with Crippen LogP contribution in [0.15, 0.2) is 57.3 Å². The maximum atomic E-state index is 13.3. The predicted molar refractivity (Wildman–Crippen MR) is 101 cm³/mol. The number of nitrogens with two attached hydrogens (primary N) is 2. The molecule has 0 aliphatic carbocycles. The smallest absolute Gasteiger partial charge is 0.273 e. The van der Waals surface area contributed by atoms with Gasteiger partial charge >= 0.3 is 0 Å². The van der Waals surface area contributed by atoms with E-state index in [-0.39, 0.29) is 20.6 Å². The van der Waals surface area contributed by atoms with Crippen molar-refractivity contribution in [1.82, 2.24) is 0 Å². The van der Waals surface area contributed by atoms with Gasteiger partial charge in [0.2, 0.25) is 0 Å². The van der Waals surface area contributed by atoms with E-state index in [1.807, 2.05) is 0 Å². The Morgan fingerprint density at radius 2 is 1.76 bits per heavy atom. The second kappa shape index (κ2) is 8.68. The van der Waals surface area contributed by atoms with Crippen LogP contribution in [0.25, 0.3) is 0 Å². The molecule has 10 heteroatoms. The van der Waals surface area contributed by atoms with E-state index < -0.39 is 22.5 Å². The fraction of sp³-hybridized carbons (Fsp3) is 0. The number of benzene rings is 2. The van der Waals surface area contributed by atoms with E-state index in [0.717, 1.165) is 12.1 Å². The fourth-order valence-corrected chi connectivity index (χ4v) is 3.88. The molecule has 0 saturated carbocycles. The minimum atomic E-state index is -1.77. The Labute approximate surface area is 160 Å². The van der Waals surface area contributed by atoms with Crippen LogP contribution in [0.5, 0.6) is 0 Å². The monoisotopic (exact) mass is 419 g/mol. The molecule has 2 aromatic carbocycles. The molecule has 0 fully saturated rings. The number of nitrogens with one attached hydrogen (secondary N) is 1. The Morgan fingerprint density at radius 3 is 2.32 bits per heavy atom. The largest absolute Gasteiger partial charge is 0.393 e. The van der Waals surface area contributed by atoms with Gasteiger partial charge in [0.1, 0.15) is 15.8 Å². The van der Waals surface area contributed by atoms with Crippen LogP contribution in [0.1, 0.15) is 0 Å². The van der Waals surface area contributed by atoms with Gasteiger partial charge in [-0.25, -0.2) is 8.60 Å². The molecule has 0 bridgehead atoms. The molecule has 132 valence electrons. The van der Waals surface area contributed by atoms with Crippen molar-refractivity contribution in [3.05, 3.63) is 68.3 Å². The average molecular weight is 420 g/mol. The van der Waals surface area contributed by atoms with Gasteiger partial charge in [-0.1, -0.05) is 23.2 Å². The summed E-state index contributed by atoms with van der Waals surface area (Å²) in [5.41, 5.74) is 5.55. The molecule has 0 saturated heterocycles. The van der Waals surface area contributed by atoms with Gasteiger partial charge in [0, 0.05) is 20.6 Å². The summed E-state index contributed by atoms with van der Waals surface area (Å²) in [6, 6.07) is 9.69. The summed E-state index contributed by atoms with van der Waals surface area (Å²) in [4.78, 5) is 12.6. The molecule has 0 radical (unpaired) electrons.